The van der Waals surface area contributed by atoms with Gasteiger partial charge in [0.25, 0.3) is 0 Å². The summed E-state index contributed by atoms with van der Waals surface area (Å²) in [5.74, 6) is 0. The van der Waals surface area contributed by atoms with Gasteiger partial charge in [0.2, 0.25) is 0 Å². The predicted octanol–water partition coefficient (Wildman–Crippen LogP) is -7.29. The van der Waals surface area contributed by atoms with Gasteiger partial charge in [0.15, 0.2) is 12.6 Å². The van der Waals surface area contributed by atoms with Crippen LogP contribution in [0.25, 0.3) is 0 Å². The van der Waals surface area contributed by atoms with E-state index in [1.165, 1.54) is 0 Å². The molecule has 2 saturated heterocycles. The van der Waals surface area contributed by atoms with Crippen molar-refractivity contribution in [1.29, 1.82) is 0 Å². The molecular formula is C18H36N4O11. The van der Waals surface area contributed by atoms with E-state index in [4.69, 9.17) is 41.9 Å². The van der Waals surface area contributed by atoms with Crippen molar-refractivity contribution in [3.05, 3.63) is 0 Å². The average Bonchev–Trinajstić information content (AvgIpc) is 2.79. The molecule has 194 valence electrons. The molecule has 2 aliphatic heterocycles. The normalized spacial score (nSPS) is 53.7. The second-order valence-corrected chi connectivity index (χ2v) is 8.79. The average molecular weight is 485 g/mol. The molecule has 33 heavy (non-hydrogen) atoms. The maximum Gasteiger partial charge on any atom is 0.187 e. The minimum atomic E-state index is -1.66. The van der Waals surface area contributed by atoms with Gasteiger partial charge < -0.3 is 77.6 Å². The van der Waals surface area contributed by atoms with E-state index in [0.717, 1.165) is 0 Å². The lowest BCUT2D eigenvalue weighted by Crippen LogP contribution is -2.68. The summed E-state index contributed by atoms with van der Waals surface area (Å²) >= 11 is 0. The van der Waals surface area contributed by atoms with Gasteiger partial charge >= 0.3 is 0 Å². The zero-order valence-electron chi connectivity index (χ0n) is 17.9. The fourth-order valence-corrected chi connectivity index (χ4v) is 4.40. The van der Waals surface area contributed by atoms with Crippen molar-refractivity contribution in [1.82, 2.24) is 0 Å². The summed E-state index contributed by atoms with van der Waals surface area (Å²) in [7, 11) is 0. The third kappa shape index (κ3) is 5.32. The molecule has 2 heterocycles. The van der Waals surface area contributed by atoms with Gasteiger partial charge in [-0.25, -0.2) is 0 Å². The van der Waals surface area contributed by atoms with Crippen LogP contribution in [0.3, 0.4) is 0 Å². The van der Waals surface area contributed by atoms with Crippen molar-refractivity contribution in [2.75, 3.05) is 13.2 Å². The van der Waals surface area contributed by atoms with E-state index in [9.17, 15) is 35.7 Å². The van der Waals surface area contributed by atoms with Crippen molar-refractivity contribution in [3.63, 3.8) is 0 Å². The van der Waals surface area contributed by atoms with Gasteiger partial charge in [-0.1, -0.05) is 0 Å². The number of aliphatic hydroxyl groups excluding tert-OH is 7. The zero-order valence-corrected chi connectivity index (χ0v) is 17.9. The molecule has 0 unspecified atom stereocenters. The number of hydrogen-bond acceptors (Lipinski definition) is 15. The predicted molar refractivity (Wildman–Crippen MR) is 108 cm³/mol. The lowest BCUT2D eigenvalue weighted by atomic mass is 9.84. The maximum atomic E-state index is 10.9. The molecule has 0 aromatic carbocycles. The van der Waals surface area contributed by atoms with Crippen LogP contribution in [-0.2, 0) is 18.9 Å². The molecule has 0 radical (unpaired) electrons. The Morgan fingerprint density at radius 1 is 0.667 bits per heavy atom. The Morgan fingerprint density at radius 3 is 1.70 bits per heavy atom. The molecule has 0 aromatic heterocycles. The van der Waals surface area contributed by atoms with Crippen LogP contribution < -0.4 is 22.9 Å². The molecule has 0 bridgehead atoms. The Balaban J connectivity index is 1.72. The molecule has 15 atom stereocenters. The third-order valence-electron chi connectivity index (χ3n) is 6.48. The number of nitrogens with two attached hydrogens (primary N) is 4. The number of aliphatic hydroxyl groups is 7. The molecule has 1 aliphatic carbocycles. The summed E-state index contributed by atoms with van der Waals surface area (Å²) < 4.78 is 22.2. The highest BCUT2D eigenvalue weighted by Gasteiger charge is 2.51. The van der Waals surface area contributed by atoms with Crippen LogP contribution in [0, 0.1) is 0 Å². The van der Waals surface area contributed by atoms with E-state index in [2.05, 4.69) is 0 Å². The number of hydrogen-bond donors (Lipinski definition) is 11. The van der Waals surface area contributed by atoms with Gasteiger partial charge in [-0.15, -0.1) is 0 Å². The second kappa shape index (κ2) is 11.0. The third-order valence-corrected chi connectivity index (χ3v) is 6.48. The lowest BCUT2D eigenvalue weighted by Gasteiger charge is -2.48. The van der Waals surface area contributed by atoms with Gasteiger partial charge in [0, 0.05) is 18.6 Å². The van der Waals surface area contributed by atoms with Crippen LogP contribution in [0.1, 0.15) is 6.42 Å². The maximum absolute atomic E-state index is 10.9. The summed E-state index contributed by atoms with van der Waals surface area (Å²) in [6.45, 7) is -0.763. The first-order chi connectivity index (χ1) is 15.5. The molecule has 0 aromatic rings. The van der Waals surface area contributed by atoms with E-state index in [-0.39, 0.29) is 13.0 Å². The molecule has 3 rings (SSSR count). The Labute approximate surface area is 189 Å². The molecule has 1 saturated carbocycles. The summed E-state index contributed by atoms with van der Waals surface area (Å²) in [4.78, 5) is 0. The summed E-state index contributed by atoms with van der Waals surface area (Å²) in [5.41, 5.74) is 23.5. The molecule has 3 aliphatic rings. The molecule has 15 heteroatoms. The van der Waals surface area contributed by atoms with Crippen LogP contribution in [0.15, 0.2) is 0 Å². The van der Waals surface area contributed by atoms with Gasteiger partial charge in [0.1, 0.15) is 61.0 Å². The first-order valence-electron chi connectivity index (χ1n) is 10.8. The Kier molecular flexibility index (Phi) is 8.99. The Morgan fingerprint density at radius 2 is 1.18 bits per heavy atom. The Bertz CT molecular complexity index is 584. The highest BCUT2D eigenvalue weighted by molar-refractivity contribution is 5.01. The van der Waals surface area contributed by atoms with Crippen LogP contribution in [-0.4, -0.2) is 141 Å². The standard InChI is InChI=1S/C18H36N4O11/c19-2-6-10(25)12(27)13(28)18(30-6)33-16-5(21)1-4(20)15(14(16)29)32-17-11(26)8(22)9(24)7(3-23)31-17/h4-18,23-29H,1-3,19-22H2/t4-,5-,6-,7+,8+,9+,10+,11-,12+,13-,14+,15+,16+,17-,18-/m0/s1. The van der Waals surface area contributed by atoms with Gasteiger partial charge in [0.05, 0.1) is 12.6 Å². The molecule has 0 amide bonds. The van der Waals surface area contributed by atoms with E-state index in [0.29, 0.717) is 0 Å². The second-order valence-electron chi connectivity index (χ2n) is 8.79. The minimum absolute atomic E-state index is 0.0849. The summed E-state index contributed by atoms with van der Waals surface area (Å²) in [5, 5.41) is 70.9. The summed E-state index contributed by atoms with van der Waals surface area (Å²) in [6, 6.07) is -2.86. The van der Waals surface area contributed by atoms with Crippen molar-refractivity contribution < 1.29 is 54.7 Å². The van der Waals surface area contributed by atoms with E-state index in [1.54, 1.807) is 0 Å². The Hall–Kier alpha value is -0.600. The smallest absolute Gasteiger partial charge is 0.187 e. The van der Waals surface area contributed by atoms with E-state index in [1.807, 2.05) is 0 Å². The van der Waals surface area contributed by atoms with Crippen molar-refractivity contribution in [2.45, 2.75) is 98.2 Å². The molecule has 15 N–H and O–H groups in total. The van der Waals surface area contributed by atoms with Crippen molar-refractivity contribution in [3.8, 4) is 0 Å². The summed E-state index contributed by atoms with van der Waals surface area (Å²) in [6.07, 6.45) is -16.5. The highest BCUT2D eigenvalue weighted by atomic mass is 16.7. The lowest BCUT2D eigenvalue weighted by molar-refractivity contribution is -0.332. The van der Waals surface area contributed by atoms with Crippen LogP contribution in [0.4, 0.5) is 0 Å². The van der Waals surface area contributed by atoms with Gasteiger partial charge in [-0.05, 0) is 6.42 Å². The van der Waals surface area contributed by atoms with Crippen LogP contribution >= 0.6 is 0 Å². The quantitative estimate of drug-likeness (QED) is 0.167. The van der Waals surface area contributed by atoms with E-state index < -0.39 is 98.4 Å². The zero-order chi connectivity index (χ0) is 24.6. The van der Waals surface area contributed by atoms with Gasteiger partial charge in [-0.3, -0.25) is 0 Å². The number of ether oxygens (including phenoxy) is 4. The molecule has 0 spiro atoms. The topological polar surface area (TPSA) is 283 Å². The van der Waals surface area contributed by atoms with Gasteiger partial charge in [-0.2, -0.15) is 0 Å². The molecular weight excluding hydrogens is 448 g/mol. The van der Waals surface area contributed by atoms with Crippen molar-refractivity contribution in [2.24, 2.45) is 22.9 Å². The SMILES string of the molecule is NC[C@@H]1O[C@@H](O[C@H]2[C@H](O)[C@H](O[C@@H]3O[C@H](CO)[C@@H](O)[C@@H](N)[C@@H]3O)[C@@H](N)C[C@@H]2N)[C@@H](O)[C@H](O)[C@@H]1O. The monoisotopic (exact) mass is 484 g/mol. The first-order valence-corrected chi connectivity index (χ1v) is 10.8. The largest absolute Gasteiger partial charge is 0.394 e. The number of rotatable bonds is 6. The van der Waals surface area contributed by atoms with Crippen molar-refractivity contribution >= 4 is 0 Å². The highest BCUT2D eigenvalue weighted by Crippen LogP contribution is 2.31. The first kappa shape index (κ1) is 27.0. The van der Waals surface area contributed by atoms with Crippen LogP contribution in [0.5, 0.6) is 0 Å². The fraction of sp³-hybridized carbons (Fsp3) is 1.00. The fourth-order valence-electron chi connectivity index (χ4n) is 4.40. The minimum Gasteiger partial charge on any atom is -0.394 e. The van der Waals surface area contributed by atoms with Crippen LogP contribution in [0.2, 0.25) is 0 Å². The van der Waals surface area contributed by atoms with E-state index >= 15 is 0 Å². The molecule has 15 nitrogen and oxygen atoms in total. The molecule has 3 fully saturated rings.